The number of hydrogen-bond acceptors (Lipinski definition) is 5. The van der Waals surface area contributed by atoms with E-state index >= 15 is 0 Å². The zero-order valence-electron chi connectivity index (χ0n) is 8.63. The highest BCUT2D eigenvalue weighted by molar-refractivity contribution is 4.97. The first-order valence-corrected chi connectivity index (χ1v) is 4.94. The van der Waals surface area contributed by atoms with Crippen LogP contribution in [0.25, 0.3) is 0 Å². The Labute approximate surface area is 84.0 Å². The molecule has 2 unspecified atom stereocenters. The van der Waals surface area contributed by atoms with Gasteiger partial charge in [0, 0.05) is 0 Å². The van der Waals surface area contributed by atoms with Gasteiger partial charge in [0.2, 0.25) is 0 Å². The van der Waals surface area contributed by atoms with E-state index in [-0.39, 0.29) is 18.6 Å². The Morgan fingerprint density at radius 3 is 2.29 bits per heavy atom. The second-order valence-electron chi connectivity index (χ2n) is 4.21. The molecule has 1 fully saturated rings. The molecule has 0 radical (unpaired) electrons. The molecule has 5 nitrogen and oxygen atoms in total. The minimum atomic E-state index is -0.812. The Kier molecular flexibility index (Phi) is 3.86. The predicted molar refractivity (Wildman–Crippen MR) is 52.5 cm³/mol. The summed E-state index contributed by atoms with van der Waals surface area (Å²) in [5.41, 5.74) is 11.5. The number of aliphatic hydroxyl groups excluding tert-OH is 2. The molecule has 0 aromatic heterocycles. The molecule has 1 saturated heterocycles. The number of hydrogen-bond donors (Lipinski definition) is 4. The topological polar surface area (TPSA) is 102 Å². The summed E-state index contributed by atoms with van der Waals surface area (Å²) < 4.78 is 5.53. The lowest BCUT2D eigenvalue weighted by atomic mass is 9.87. The highest BCUT2D eigenvalue weighted by Crippen LogP contribution is 2.23. The smallest absolute Gasteiger partial charge is 0.0986 e. The van der Waals surface area contributed by atoms with E-state index in [1.165, 1.54) is 0 Å². The molecule has 0 aromatic rings. The first-order chi connectivity index (χ1) is 6.49. The predicted octanol–water partition coefficient (Wildman–Crippen LogP) is -1.58. The molecule has 0 aromatic carbocycles. The molecule has 0 amide bonds. The van der Waals surface area contributed by atoms with E-state index in [0.29, 0.717) is 0 Å². The Bertz CT molecular complexity index is 187. The molecule has 14 heavy (non-hydrogen) atoms. The van der Waals surface area contributed by atoms with Crippen molar-refractivity contribution in [2.24, 2.45) is 17.4 Å². The summed E-state index contributed by atoms with van der Waals surface area (Å²) >= 11 is 0. The summed E-state index contributed by atoms with van der Waals surface area (Å²) in [6.45, 7) is 3.74. The van der Waals surface area contributed by atoms with Crippen molar-refractivity contribution in [2.75, 3.05) is 6.61 Å². The van der Waals surface area contributed by atoms with Gasteiger partial charge >= 0.3 is 0 Å². The van der Waals surface area contributed by atoms with E-state index in [4.69, 9.17) is 21.3 Å². The van der Waals surface area contributed by atoms with Gasteiger partial charge in [-0.1, -0.05) is 13.8 Å². The monoisotopic (exact) mass is 204 g/mol. The Hall–Kier alpha value is -0.200. The lowest BCUT2D eigenvalue weighted by Gasteiger charge is -2.43. The van der Waals surface area contributed by atoms with Crippen LogP contribution in [0.15, 0.2) is 0 Å². The molecule has 0 spiro atoms. The minimum absolute atomic E-state index is 0.186. The van der Waals surface area contributed by atoms with Crippen LogP contribution < -0.4 is 11.5 Å². The van der Waals surface area contributed by atoms with E-state index in [0.717, 1.165) is 0 Å². The first-order valence-electron chi connectivity index (χ1n) is 4.94. The van der Waals surface area contributed by atoms with Gasteiger partial charge < -0.3 is 26.4 Å². The highest BCUT2D eigenvalue weighted by atomic mass is 16.5. The zero-order chi connectivity index (χ0) is 10.9. The average molecular weight is 204 g/mol. The maximum absolute atomic E-state index is 9.73. The Balaban J connectivity index is 2.73. The molecule has 1 rings (SSSR count). The van der Waals surface area contributed by atoms with Crippen LogP contribution in [0, 0.1) is 5.92 Å². The standard InChI is InChI=1S/C9H20N2O3/c1-4(2)9-7(11)8(13)6(10)5(3-12)14-9/h4-9,12-13H,3,10-11H2,1-2H3/t5?,6-,7?,8+,9+/m1/s1. The Morgan fingerprint density at radius 1 is 1.29 bits per heavy atom. The van der Waals surface area contributed by atoms with Crippen LogP contribution in [0.5, 0.6) is 0 Å². The molecule has 6 N–H and O–H groups in total. The molecular formula is C9H20N2O3. The van der Waals surface area contributed by atoms with Crippen LogP contribution in [0.4, 0.5) is 0 Å². The molecule has 5 heteroatoms. The average Bonchev–Trinajstić information content (AvgIpc) is 2.14. The molecule has 0 aliphatic carbocycles. The third-order valence-electron chi connectivity index (χ3n) is 2.77. The van der Waals surface area contributed by atoms with Crippen molar-refractivity contribution in [1.82, 2.24) is 0 Å². The highest BCUT2D eigenvalue weighted by Gasteiger charge is 2.42. The molecule has 84 valence electrons. The van der Waals surface area contributed by atoms with Crippen molar-refractivity contribution in [3.63, 3.8) is 0 Å². The summed E-state index contributed by atoms with van der Waals surface area (Å²) in [6, 6.07) is -1.09. The lowest BCUT2D eigenvalue weighted by molar-refractivity contribution is -0.149. The van der Waals surface area contributed by atoms with Crippen LogP contribution in [-0.2, 0) is 4.74 Å². The van der Waals surface area contributed by atoms with Crippen LogP contribution in [0.3, 0.4) is 0 Å². The molecule has 0 saturated carbocycles. The van der Waals surface area contributed by atoms with Gasteiger partial charge in [-0.3, -0.25) is 0 Å². The lowest BCUT2D eigenvalue weighted by Crippen LogP contribution is -2.65. The molecule has 0 bridgehead atoms. The fraction of sp³-hybridized carbons (Fsp3) is 1.00. The molecule has 1 heterocycles. The van der Waals surface area contributed by atoms with E-state index in [9.17, 15) is 5.11 Å². The minimum Gasteiger partial charge on any atom is -0.394 e. The third-order valence-corrected chi connectivity index (χ3v) is 2.77. The van der Waals surface area contributed by atoms with E-state index in [1.54, 1.807) is 0 Å². The van der Waals surface area contributed by atoms with E-state index in [2.05, 4.69) is 0 Å². The van der Waals surface area contributed by atoms with Crippen LogP contribution in [0.1, 0.15) is 13.8 Å². The summed E-state index contributed by atoms with van der Waals surface area (Å²) in [5, 5.41) is 18.7. The summed E-state index contributed by atoms with van der Waals surface area (Å²) in [6.07, 6.45) is -1.58. The van der Waals surface area contributed by atoms with Gasteiger partial charge in [-0.2, -0.15) is 0 Å². The second kappa shape index (κ2) is 4.55. The fourth-order valence-electron chi connectivity index (χ4n) is 1.82. The van der Waals surface area contributed by atoms with Crippen molar-refractivity contribution in [3.8, 4) is 0 Å². The first kappa shape index (κ1) is 11.9. The van der Waals surface area contributed by atoms with Crippen LogP contribution in [0.2, 0.25) is 0 Å². The molecule has 1 aliphatic heterocycles. The number of aliphatic hydroxyl groups is 2. The summed E-state index contributed by atoms with van der Waals surface area (Å²) in [4.78, 5) is 0. The van der Waals surface area contributed by atoms with Crippen molar-refractivity contribution in [2.45, 2.75) is 44.2 Å². The van der Waals surface area contributed by atoms with Gasteiger partial charge in [0.15, 0.2) is 0 Å². The summed E-state index contributed by atoms with van der Waals surface area (Å²) in [7, 11) is 0. The van der Waals surface area contributed by atoms with Crippen molar-refractivity contribution in [3.05, 3.63) is 0 Å². The molecule has 1 aliphatic rings. The number of ether oxygens (including phenoxy) is 1. The van der Waals surface area contributed by atoms with Gasteiger partial charge in [-0.25, -0.2) is 0 Å². The van der Waals surface area contributed by atoms with E-state index in [1.807, 2.05) is 13.8 Å². The maximum Gasteiger partial charge on any atom is 0.0986 e. The van der Waals surface area contributed by atoms with Crippen molar-refractivity contribution in [1.29, 1.82) is 0 Å². The van der Waals surface area contributed by atoms with E-state index < -0.39 is 24.3 Å². The SMILES string of the molecule is CC(C)[C@@H]1OC(CO)[C@@H](N)[C@H](O)C1N. The quantitative estimate of drug-likeness (QED) is 0.435. The van der Waals surface area contributed by atoms with Gasteiger partial charge in [-0.15, -0.1) is 0 Å². The Morgan fingerprint density at radius 2 is 1.86 bits per heavy atom. The van der Waals surface area contributed by atoms with Crippen LogP contribution >= 0.6 is 0 Å². The summed E-state index contributed by atoms with van der Waals surface area (Å²) in [5.74, 6) is 0.196. The van der Waals surface area contributed by atoms with Crippen molar-refractivity contribution >= 4 is 0 Å². The van der Waals surface area contributed by atoms with Gasteiger partial charge in [0.1, 0.15) is 0 Å². The fourth-order valence-corrected chi connectivity index (χ4v) is 1.82. The van der Waals surface area contributed by atoms with Gasteiger partial charge in [0.25, 0.3) is 0 Å². The second-order valence-corrected chi connectivity index (χ2v) is 4.21. The maximum atomic E-state index is 9.73. The van der Waals surface area contributed by atoms with Gasteiger partial charge in [-0.05, 0) is 5.92 Å². The molecule has 5 atom stereocenters. The number of rotatable bonds is 2. The third kappa shape index (κ3) is 2.07. The number of nitrogens with two attached hydrogens (primary N) is 2. The van der Waals surface area contributed by atoms with Crippen molar-refractivity contribution < 1.29 is 14.9 Å². The van der Waals surface area contributed by atoms with Gasteiger partial charge in [0.05, 0.1) is 37.0 Å². The zero-order valence-corrected chi connectivity index (χ0v) is 8.63. The molecular weight excluding hydrogens is 184 g/mol. The largest absolute Gasteiger partial charge is 0.394 e. The normalized spacial score (nSPS) is 44.4. The van der Waals surface area contributed by atoms with Crippen LogP contribution in [-0.4, -0.2) is 47.2 Å².